The standard InChI is InChI=1S/C19H17N5OS/c25-17(23-11-5-7-13-6-1-3-9-15(13)23)12-26-19-22-21-18-20-14-8-2-4-10-16(14)24(18)19/h1-4,6,8-10H,5,7,11-12H2,(H,20,21). The van der Waals surface area contributed by atoms with Gasteiger partial charge in [-0.1, -0.05) is 42.1 Å². The lowest BCUT2D eigenvalue weighted by molar-refractivity contribution is -0.116. The van der Waals surface area contributed by atoms with Gasteiger partial charge in [-0.3, -0.25) is 9.20 Å². The molecule has 0 spiro atoms. The Morgan fingerprint density at radius 2 is 2.00 bits per heavy atom. The second-order valence-corrected chi connectivity index (χ2v) is 7.27. The number of anilines is 1. The molecule has 5 rings (SSSR count). The van der Waals surface area contributed by atoms with Gasteiger partial charge in [0.05, 0.1) is 16.8 Å². The van der Waals surface area contributed by atoms with Gasteiger partial charge in [-0.2, -0.15) is 0 Å². The van der Waals surface area contributed by atoms with Crippen molar-refractivity contribution >= 4 is 40.2 Å². The number of H-pyrrole nitrogens is 1. The lowest BCUT2D eigenvalue weighted by Crippen LogP contribution is -2.36. The third-order valence-corrected chi connectivity index (χ3v) is 5.66. The molecule has 130 valence electrons. The van der Waals surface area contributed by atoms with Crippen molar-refractivity contribution in [3.63, 3.8) is 0 Å². The molecule has 2 aromatic carbocycles. The number of fused-ring (bicyclic) bond motifs is 4. The summed E-state index contributed by atoms with van der Waals surface area (Å²) in [5.41, 5.74) is 4.21. The van der Waals surface area contributed by atoms with Crippen LogP contribution in [0.5, 0.6) is 0 Å². The van der Waals surface area contributed by atoms with Crippen LogP contribution in [0.4, 0.5) is 5.69 Å². The van der Waals surface area contributed by atoms with E-state index in [4.69, 9.17) is 0 Å². The highest BCUT2D eigenvalue weighted by Crippen LogP contribution is 2.28. The minimum Gasteiger partial charge on any atom is -0.311 e. The van der Waals surface area contributed by atoms with E-state index >= 15 is 0 Å². The van der Waals surface area contributed by atoms with E-state index in [1.54, 1.807) is 0 Å². The van der Waals surface area contributed by atoms with Crippen molar-refractivity contribution in [1.82, 2.24) is 19.6 Å². The lowest BCUT2D eigenvalue weighted by Gasteiger charge is -2.29. The number of hydrogen-bond acceptors (Lipinski definition) is 4. The SMILES string of the molecule is O=C(CSc1n[nH]c2nc3ccccc3n12)N1CCCc2ccccc21. The van der Waals surface area contributed by atoms with Gasteiger partial charge >= 0.3 is 0 Å². The van der Waals surface area contributed by atoms with Crippen molar-refractivity contribution in [2.45, 2.75) is 18.0 Å². The van der Waals surface area contributed by atoms with Crippen LogP contribution in [-0.2, 0) is 11.2 Å². The van der Waals surface area contributed by atoms with Crippen LogP contribution in [0, 0.1) is 0 Å². The van der Waals surface area contributed by atoms with E-state index in [9.17, 15) is 4.79 Å². The Bertz CT molecular complexity index is 1120. The first-order valence-electron chi connectivity index (χ1n) is 8.64. The van der Waals surface area contributed by atoms with E-state index < -0.39 is 0 Å². The third-order valence-electron chi connectivity index (χ3n) is 4.74. The van der Waals surface area contributed by atoms with Crippen molar-refractivity contribution in [2.24, 2.45) is 0 Å². The average molecular weight is 363 g/mol. The molecule has 1 aliphatic rings. The van der Waals surface area contributed by atoms with E-state index in [1.807, 2.05) is 51.8 Å². The van der Waals surface area contributed by atoms with Gasteiger partial charge in [-0.15, -0.1) is 5.10 Å². The number of thioether (sulfide) groups is 1. The van der Waals surface area contributed by atoms with Crippen molar-refractivity contribution in [2.75, 3.05) is 17.2 Å². The molecule has 0 bridgehead atoms. The number of aryl methyl sites for hydroxylation is 1. The molecule has 0 saturated heterocycles. The minimum absolute atomic E-state index is 0.114. The van der Waals surface area contributed by atoms with Crippen LogP contribution in [0.3, 0.4) is 0 Å². The molecule has 6 nitrogen and oxygen atoms in total. The van der Waals surface area contributed by atoms with Crippen LogP contribution in [0.25, 0.3) is 16.8 Å². The number of carbonyl (C=O) groups is 1. The van der Waals surface area contributed by atoms with Crippen LogP contribution in [0.1, 0.15) is 12.0 Å². The highest BCUT2D eigenvalue weighted by atomic mass is 32.2. The highest BCUT2D eigenvalue weighted by molar-refractivity contribution is 7.99. The number of amides is 1. The Labute approximate surface area is 154 Å². The van der Waals surface area contributed by atoms with Crippen LogP contribution in [-0.4, -0.2) is 37.8 Å². The number of nitrogens with one attached hydrogen (secondary N) is 1. The molecule has 0 atom stereocenters. The Kier molecular flexibility index (Phi) is 3.67. The number of para-hydroxylation sites is 3. The van der Waals surface area contributed by atoms with Crippen LogP contribution in [0.2, 0.25) is 0 Å². The molecule has 26 heavy (non-hydrogen) atoms. The van der Waals surface area contributed by atoms with Gasteiger partial charge in [0.1, 0.15) is 0 Å². The molecular formula is C19H17N5OS. The molecule has 0 saturated carbocycles. The van der Waals surface area contributed by atoms with Gasteiger partial charge in [-0.25, -0.2) is 10.1 Å². The second-order valence-electron chi connectivity index (χ2n) is 6.33. The maximum Gasteiger partial charge on any atom is 0.237 e. The van der Waals surface area contributed by atoms with E-state index in [0.29, 0.717) is 11.5 Å². The number of imidazole rings is 1. The third kappa shape index (κ3) is 2.47. The van der Waals surface area contributed by atoms with Crippen LogP contribution in [0.15, 0.2) is 53.7 Å². The van der Waals surface area contributed by atoms with Crippen LogP contribution >= 0.6 is 11.8 Å². The molecule has 0 fully saturated rings. The number of hydrogen-bond donors (Lipinski definition) is 1. The zero-order valence-electron chi connectivity index (χ0n) is 14.1. The predicted molar refractivity (Wildman–Crippen MR) is 103 cm³/mol. The summed E-state index contributed by atoms with van der Waals surface area (Å²) in [7, 11) is 0. The summed E-state index contributed by atoms with van der Waals surface area (Å²) in [5.74, 6) is 1.16. The van der Waals surface area contributed by atoms with Gasteiger partial charge in [0.25, 0.3) is 0 Å². The summed E-state index contributed by atoms with van der Waals surface area (Å²) in [6.45, 7) is 0.778. The fraction of sp³-hybridized carbons (Fsp3) is 0.211. The Balaban J connectivity index is 1.40. The number of aromatic amines is 1. The topological polar surface area (TPSA) is 66.3 Å². The molecule has 1 N–H and O–H groups in total. The first-order valence-corrected chi connectivity index (χ1v) is 9.62. The van der Waals surface area contributed by atoms with Gasteiger partial charge in [-0.05, 0) is 36.6 Å². The number of aromatic nitrogens is 4. The summed E-state index contributed by atoms with van der Waals surface area (Å²) in [4.78, 5) is 19.3. The summed E-state index contributed by atoms with van der Waals surface area (Å²) < 4.78 is 1.97. The number of nitrogens with zero attached hydrogens (tertiary/aromatic N) is 4. The first kappa shape index (κ1) is 15.5. The van der Waals surface area contributed by atoms with Crippen molar-refractivity contribution in [3.05, 3.63) is 54.1 Å². The molecular weight excluding hydrogens is 346 g/mol. The van der Waals surface area contributed by atoms with Gasteiger partial charge in [0.2, 0.25) is 11.7 Å². The fourth-order valence-electron chi connectivity index (χ4n) is 3.54. The fourth-order valence-corrected chi connectivity index (χ4v) is 4.37. The molecule has 0 unspecified atom stereocenters. The normalized spacial score (nSPS) is 14.1. The quantitative estimate of drug-likeness (QED) is 0.567. The molecule has 1 amide bonds. The lowest BCUT2D eigenvalue weighted by atomic mass is 10.0. The Morgan fingerprint density at radius 3 is 2.96 bits per heavy atom. The average Bonchev–Trinajstić information content (AvgIpc) is 3.25. The van der Waals surface area contributed by atoms with Gasteiger partial charge in [0, 0.05) is 12.2 Å². The summed E-state index contributed by atoms with van der Waals surface area (Å²) in [6.07, 6.45) is 2.04. The zero-order chi connectivity index (χ0) is 17.5. The Hall–Kier alpha value is -2.80. The first-order chi connectivity index (χ1) is 12.8. The Morgan fingerprint density at radius 1 is 1.15 bits per heavy atom. The van der Waals surface area contributed by atoms with Gasteiger partial charge < -0.3 is 4.90 Å². The summed E-state index contributed by atoms with van der Waals surface area (Å²) >= 11 is 1.44. The van der Waals surface area contributed by atoms with Crippen molar-refractivity contribution in [1.29, 1.82) is 0 Å². The van der Waals surface area contributed by atoms with Gasteiger partial charge in [0.15, 0.2) is 5.16 Å². The number of benzene rings is 2. The summed E-state index contributed by atoms with van der Waals surface area (Å²) in [6, 6.07) is 16.1. The minimum atomic E-state index is 0.114. The zero-order valence-corrected chi connectivity index (χ0v) is 14.9. The van der Waals surface area contributed by atoms with E-state index in [2.05, 4.69) is 21.2 Å². The second kappa shape index (κ2) is 6.17. The van der Waals surface area contributed by atoms with E-state index in [0.717, 1.165) is 41.3 Å². The molecule has 0 radical (unpaired) electrons. The van der Waals surface area contributed by atoms with E-state index in [1.165, 1.54) is 17.3 Å². The number of rotatable bonds is 3. The summed E-state index contributed by atoms with van der Waals surface area (Å²) in [5, 5.41) is 8.04. The molecule has 7 heteroatoms. The smallest absolute Gasteiger partial charge is 0.237 e. The predicted octanol–water partition coefficient (Wildman–Crippen LogP) is 3.28. The van der Waals surface area contributed by atoms with E-state index in [-0.39, 0.29) is 5.91 Å². The molecule has 0 aliphatic carbocycles. The largest absolute Gasteiger partial charge is 0.311 e. The number of carbonyl (C=O) groups excluding carboxylic acids is 1. The molecule has 4 aromatic rings. The van der Waals surface area contributed by atoms with Crippen molar-refractivity contribution < 1.29 is 4.79 Å². The van der Waals surface area contributed by atoms with Crippen molar-refractivity contribution in [3.8, 4) is 0 Å². The highest BCUT2D eigenvalue weighted by Gasteiger charge is 2.23. The van der Waals surface area contributed by atoms with Crippen LogP contribution < -0.4 is 4.90 Å². The molecule has 2 aromatic heterocycles. The molecule has 1 aliphatic heterocycles. The maximum atomic E-state index is 12.8. The monoisotopic (exact) mass is 363 g/mol. The molecule has 3 heterocycles. The maximum absolute atomic E-state index is 12.8.